The van der Waals surface area contributed by atoms with Gasteiger partial charge in [-0.15, -0.1) is 0 Å². The zero-order valence-electron chi connectivity index (χ0n) is 18.5. The summed E-state index contributed by atoms with van der Waals surface area (Å²) in [5.74, 6) is 0.921. The molecular weight excluding hydrogens is 404 g/mol. The van der Waals surface area contributed by atoms with Crippen LogP contribution >= 0.6 is 0 Å². The molecule has 0 N–H and O–H groups in total. The number of rotatable bonds is 5. The van der Waals surface area contributed by atoms with Gasteiger partial charge in [0.05, 0.1) is 38.8 Å². The third-order valence-electron chi connectivity index (χ3n) is 7.01. The summed E-state index contributed by atoms with van der Waals surface area (Å²) in [7, 11) is 3.28. The molecular formula is C26H28N2O4. The molecule has 0 saturated carbocycles. The third kappa shape index (κ3) is 3.39. The Balaban J connectivity index is 1.52. The lowest BCUT2D eigenvalue weighted by atomic mass is 9.85. The number of benzene rings is 2. The normalized spacial score (nSPS) is 24.9. The fourth-order valence-corrected chi connectivity index (χ4v) is 5.37. The number of carbonyl (C=O) groups is 2. The van der Waals surface area contributed by atoms with Crippen LogP contribution in [0.4, 0.5) is 0 Å². The van der Waals surface area contributed by atoms with E-state index in [0.29, 0.717) is 31.0 Å². The van der Waals surface area contributed by atoms with Gasteiger partial charge in [0.1, 0.15) is 0 Å². The van der Waals surface area contributed by atoms with Crippen LogP contribution in [-0.2, 0) is 16.0 Å². The molecule has 2 aromatic carbocycles. The van der Waals surface area contributed by atoms with E-state index in [1.54, 1.807) is 14.2 Å². The van der Waals surface area contributed by atoms with E-state index in [1.165, 1.54) is 10.5 Å². The Labute approximate surface area is 188 Å². The zero-order valence-corrected chi connectivity index (χ0v) is 18.5. The van der Waals surface area contributed by atoms with Crippen LogP contribution in [0.5, 0.6) is 11.5 Å². The molecule has 32 heavy (non-hydrogen) atoms. The van der Waals surface area contributed by atoms with Crippen molar-refractivity contribution < 1.29 is 19.1 Å². The van der Waals surface area contributed by atoms with Crippen LogP contribution in [0.1, 0.15) is 35.6 Å². The number of hydrogen-bond donors (Lipinski definition) is 0. The molecule has 5 rings (SSSR count). The highest BCUT2D eigenvalue weighted by Gasteiger charge is 2.48. The van der Waals surface area contributed by atoms with Crippen molar-refractivity contribution in [3.8, 4) is 11.5 Å². The Hall–Kier alpha value is -3.12. The number of fused-ring (bicyclic) bond motifs is 2. The number of amides is 2. The summed E-state index contributed by atoms with van der Waals surface area (Å²) in [6.45, 7) is 1.05. The zero-order chi connectivity index (χ0) is 22.2. The van der Waals surface area contributed by atoms with Gasteiger partial charge in [0.2, 0.25) is 11.8 Å². The Morgan fingerprint density at radius 3 is 2.16 bits per heavy atom. The van der Waals surface area contributed by atoms with E-state index in [-0.39, 0.29) is 29.7 Å². The molecule has 0 bridgehead atoms. The van der Waals surface area contributed by atoms with Crippen LogP contribution in [0.3, 0.4) is 0 Å². The largest absolute Gasteiger partial charge is 0.493 e. The van der Waals surface area contributed by atoms with Gasteiger partial charge in [0, 0.05) is 6.54 Å². The first-order chi connectivity index (χ1) is 15.6. The van der Waals surface area contributed by atoms with Crippen molar-refractivity contribution >= 4 is 11.8 Å². The molecule has 2 heterocycles. The number of carbonyl (C=O) groups excluding carboxylic acids is 2. The predicted octanol–water partition coefficient (Wildman–Crippen LogP) is 3.56. The van der Waals surface area contributed by atoms with E-state index in [9.17, 15) is 9.59 Å². The molecule has 2 aliphatic heterocycles. The number of imide groups is 1. The first kappa shape index (κ1) is 20.8. The van der Waals surface area contributed by atoms with Crippen molar-refractivity contribution in [3.63, 3.8) is 0 Å². The summed E-state index contributed by atoms with van der Waals surface area (Å²) in [4.78, 5) is 29.9. The monoisotopic (exact) mass is 432 g/mol. The van der Waals surface area contributed by atoms with Crippen molar-refractivity contribution in [2.24, 2.45) is 11.8 Å². The SMILES string of the molecule is COc1cc2c(cc1OC)[C@H](c1ccccc1)N(CN1C(=O)[C@@H]3CC=CC[C@H]3C1=O)CC2. The van der Waals surface area contributed by atoms with Gasteiger partial charge in [0.25, 0.3) is 0 Å². The Morgan fingerprint density at radius 2 is 1.53 bits per heavy atom. The van der Waals surface area contributed by atoms with Gasteiger partial charge in [-0.1, -0.05) is 42.5 Å². The van der Waals surface area contributed by atoms with Gasteiger partial charge >= 0.3 is 0 Å². The molecule has 0 unspecified atom stereocenters. The number of hydrogen-bond acceptors (Lipinski definition) is 5. The lowest BCUT2D eigenvalue weighted by molar-refractivity contribution is -0.143. The number of likely N-dealkylation sites (tertiary alicyclic amines) is 1. The molecule has 1 saturated heterocycles. The summed E-state index contributed by atoms with van der Waals surface area (Å²) < 4.78 is 11.1. The standard InChI is InChI=1S/C26H28N2O4/c1-31-22-14-18-12-13-27(16-28-25(29)19-10-6-7-11-20(19)26(28)30)24(17-8-4-3-5-9-17)21(18)15-23(22)32-2/h3-9,14-15,19-20,24H,10-13,16H2,1-2H3/t19-,20-,24+/m1/s1. The highest BCUT2D eigenvalue weighted by molar-refractivity contribution is 6.05. The predicted molar refractivity (Wildman–Crippen MR) is 120 cm³/mol. The Bertz CT molecular complexity index is 1040. The van der Waals surface area contributed by atoms with Crippen LogP contribution in [0.2, 0.25) is 0 Å². The van der Waals surface area contributed by atoms with Crippen LogP contribution in [-0.4, -0.2) is 49.0 Å². The fraction of sp³-hybridized carbons (Fsp3) is 0.385. The number of allylic oxidation sites excluding steroid dienone is 2. The lowest BCUT2D eigenvalue weighted by Crippen LogP contribution is -2.46. The Morgan fingerprint density at radius 1 is 0.906 bits per heavy atom. The van der Waals surface area contributed by atoms with Crippen LogP contribution in [0, 0.1) is 11.8 Å². The molecule has 166 valence electrons. The minimum absolute atomic E-state index is 0.0331. The van der Waals surface area contributed by atoms with Gasteiger partial charge in [-0.25, -0.2) is 0 Å². The van der Waals surface area contributed by atoms with Crippen LogP contribution in [0.25, 0.3) is 0 Å². The molecule has 1 aliphatic carbocycles. The molecule has 0 radical (unpaired) electrons. The second-order valence-corrected chi connectivity index (χ2v) is 8.68. The summed E-state index contributed by atoms with van der Waals surface area (Å²) in [6.07, 6.45) is 6.18. The molecule has 2 aromatic rings. The highest BCUT2D eigenvalue weighted by atomic mass is 16.5. The number of methoxy groups -OCH3 is 2. The Kier molecular flexibility index (Phi) is 5.47. The molecule has 6 nitrogen and oxygen atoms in total. The van der Waals surface area contributed by atoms with Crippen molar-refractivity contribution in [3.05, 3.63) is 71.3 Å². The average Bonchev–Trinajstić information content (AvgIpc) is 3.08. The summed E-state index contributed by atoms with van der Waals surface area (Å²) in [5.41, 5.74) is 3.45. The lowest BCUT2D eigenvalue weighted by Gasteiger charge is -2.39. The highest BCUT2D eigenvalue weighted by Crippen LogP contribution is 2.42. The van der Waals surface area contributed by atoms with Gasteiger partial charge in [0.15, 0.2) is 11.5 Å². The minimum Gasteiger partial charge on any atom is -0.493 e. The number of ether oxygens (including phenoxy) is 2. The molecule has 0 spiro atoms. The van der Waals surface area contributed by atoms with Crippen LogP contribution in [0.15, 0.2) is 54.6 Å². The summed E-state index contributed by atoms with van der Waals surface area (Å²) in [5, 5.41) is 0. The second-order valence-electron chi connectivity index (χ2n) is 8.68. The molecule has 3 aliphatic rings. The third-order valence-corrected chi connectivity index (χ3v) is 7.01. The molecule has 2 amide bonds. The van der Waals surface area contributed by atoms with Crippen molar-refractivity contribution in [2.45, 2.75) is 25.3 Å². The van der Waals surface area contributed by atoms with Crippen molar-refractivity contribution in [1.29, 1.82) is 0 Å². The van der Waals surface area contributed by atoms with Gasteiger partial charge < -0.3 is 9.47 Å². The first-order valence-electron chi connectivity index (χ1n) is 11.2. The maximum Gasteiger partial charge on any atom is 0.234 e. The van der Waals surface area contributed by atoms with E-state index in [0.717, 1.165) is 24.1 Å². The summed E-state index contributed by atoms with van der Waals surface area (Å²) in [6, 6.07) is 14.2. The average molecular weight is 433 g/mol. The first-order valence-corrected chi connectivity index (χ1v) is 11.2. The van der Waals surface area contributed by atoms with E-state index < -0.39 is 0 Å². The van der Waals surface area contributed by atoms with Crippen molar-refractivity contribution in [1.82, 2.24) is 9.80 Å². The quantitative estimate of drug-likeness (QED) is 0.534. The second kappa shape index (κ2) is 8.43. The number of nitrogens with zero attached hydrogens (tertiary/aromatic N) is 2. The van der Waals surface area contributed by atoms with E-state index >= 15 is 0 Å². The smallest absolute Gasteiger partial charge is 0.234 e. The van der Waals surface area contributed by atoms with Crippen molar-refractivity contribution in [2.75, 3.05) is 27.4 Å². The maximum atomic E-state index is 13.1. The molecule has 0 aromatic heterocycles. The molecule has 6 heteroatoms. The van der Waals surface area contributed by atoms with Crippen LogP contribution < -0.4 is 9.47 Å². The fourth-order valence-electron chi connectivity index (χ4n) is 5.37. The summed E-state index contributed by atoms with van der Waals surface area (Å²) >= 11 is 0. The van der Waals surface area contributed by atoms with E-state index in [2.05, 4.69) is 17.0 Å². The van der Waals surface area contributed by atoms with E-state index in [1.807, 2.05) is 42.5 Å². The topological polar surface area (TPSA) is 59.1 Å². The molecule has 3 atom stereocenters. The maximum absolute atomic E-state index is 13.1. The minimum atomic E-state index is -0.205. The van der Waals surface area contributed by atoms with Gasteiger partial charge in [-0.3, -0.25) is 19.4 Å². The van der Waals surface area contributed by atoms with E-state index in [4.69, 9.17) is 9.47 Å². The van der Waals surface area contributed by atoms with Gasteiger partial charge in [-0.2, -0.15) is 0 Å². The van der Waals surface area contributed by atoms with Gasteiger partial charge in [-0.05, 0) is 48.1 Å². The molecule has 1 fully saturated rings.